The van der Waals surface area contributed by atoms with Crippen LogP contribution in [0.25, 0.3) is 0 Å². The van der Waals surface area contributed by atoms with Gasteiger partial charge in [0.05, 0.1) is 19.3 Å². The number of hydrogen-bond acceptors (Lipinski definition) is 3. The Morgan fingerprint density at radius 3 is 2.75 bits per heavy atom. The Hall–Kier alpha value is -1.03. The number of hydrogen-bond donors (Lipinski definition) is 0. The number of ether oxygens (including phenoxy) is 2. The molecule has 0 aromatic heterocycles. The molecule has 0 aromatic rings. The van der Waals surface area contributed by atoms with Gasteiger partial charge in [-0.1, -0.05) is 6.58 Å². The quantitative estimate of drug-likeness (QED) is 0.595. The molecule has 4 nitrogen and oxygen atoms in total. The molecule has 1 heterocycles. The first-order chi connectivity index (χ1) is 7.29. The summed E-state index contributed by atoms with van der Waals surface area (Å²) in [7, 11) is 0. The van der Waals surface area contributed by atoms with E-state index >= 15 is 0 Å². The molecule has 1 amide bonds. The minimum absolute atomic E-state index is 0.0223. The molecule has 0 N–H and O–H groups in total. The largest absolute Gasteiger partial charge is 0.444 e. The highest BCUT2D eigenvalue weighted by molar-refractivity contribution is 5.69. The zero-order valence-corrected chi connectivity index (χ0v) is 10.6. The van der Waals surface area contributed by atoms with Crippen LogP contribution in [0.5, 0.6) is 0 Å². The summed E-state index contributed by atoms with van der Waals surface area (Å²) in [5, 5.41) is 0. The predicted octanol–water partition coefficient (Wildman–Crippen LogP) is 2.20. The summed E-state index contributed by atoms with van der Waals surface area (Å²) >= 11 is 0. The summed E-state index contributed by atoms with van der Waals surface area (Å²) in [6.07, 6.45) is -0.299. The van der Waals surface area contributed by atoms with Crippen molar-refractivity contribution in [3.8, 4) is 0 Å². The van der Waals surface area contributed by atoms with Gasteiger partial charge in [-0.05, 0) is 33.3 Å². The van der Waals surface area contributed by atoms with E-state index in [0.29, 0.717) is 19.8 Å². The zero-order chi connectivity index (χ0) is 12.3. The van der Waals surface area contributed by atoms with E-state index in [0.717, 1.165) is 5.57 Å². The molecule has 0 radical (unpaired) electrons. The minimum atomic E-state index is -0.467. The fourth-order valence-electron chi connectivity index (χ4n) is 1.47. The third-order valence-electron chi connectivity index (χ3n) is 2.22. The molecule has 1 unspecified atom stereocenters. The molecule has 0 aromatic carbocycles. The second kappa shape index (κ2) is 4.87. The summed E-state index contributed by atoms with van der Waals surface area (Å²) in [5.74, 6) is 0. The van der Waals surface area contributed by atoms with Crippen LogP contribution in [0.3, 0.4) is 0 Å². The molecular weight excluding hydrogens is 206 g/mol. The predicted molar refractivity (Wildman–Crippen MR) is 62.4 cm³/mol. The highest BCUT2D eigenvalue weighted by Crippen LogP contribution is 2.15. The molecule has 92 valence electrons. The Labute approximate surface area is 97.2 Å². The second-order valence-electron chi connectivity index (χ2n) is 5.22. The number of carbonyl (C=O) groups excluding carboxylic acids is 1. The minimum Gasteiger partial charge on any atom is -0.444 e. The first-order valence-corrected chi connectivity index (χ1v) is 5.53. The van der Waals surface area contributed by atoms with Crippen molar-refractivity contribution in [1.82, 2.24) is 4.90 Å². The first-order valence-electron chi connectivity index (χ1n) is 5.53. The molecule has 0 saturated carbocycles. The van der Waals surface area contributed by atoms with E-state index in [1.807, 2.05) is 27.7 Å². The number of nitrogens with zero attached hydrogens (tertiary/aromatic N) is 1. The van der Waals surface area contributed by atoms with Gasteiger partial charge in [-0.3, -0.25) is 4.90 Å². The topological polar surface area (TPSA) is 38.8 Å². The van der Waals surface area contributed by atoms with Gasteiger partial charge >= 0.3 is 6.09 Å². The van der Waals surface area contributed by atoms with Crippen molar-refractivity contribution in [2.24, 2.45) is 0 Å². The van der Waals surface area contributed by atoms with Gasteiger partial charge in [0.25, 0.3) is 0 Å². The van der Waals surface area contributed by atoms with Crippen molar-refractivity contribution in [2.75, 3.05) is 19.8 Å². The SMILES string of the molecule is C=C1COCC(C)N(C(=O)OC(C)(C)C)C1. The molecule has 16 heavy (non-hydrogen) atoms. The maximum Gasteiger partial charge on any atom is 0.410 e. The van der Waals surface area contributed by atoms with Crippen LogP contribution in [0, 0.1) is 0 Å². The highest BCUT2D eigenvalue weighted by Gasteiger charge is 2.28. The molecule has 1 atom stereocenters. The Morgan fingerprint density at radius 1 is 1.56 bits per heavy atom. The normalized spacial score (nSPS) is 22.9. The van der Waals surface area contributed by atoms with E-state index in [1.165, 1.54) is 0 Å². The van der Waals surface area contributed by atoms with Gasteiger partial charge in [0.15, 0.2) is 0 Å². The van der Waals surface area contributed by atoms with Crippen molar-refractivity contribution in [2.45, 2.75) is 39.3 Å². The number of amides is 1. The summed E-state index contributed by atoms with van der Waals surface area (Å²) in [6, 6.07) is 0.0223. The van der Waals surface area contributed by atoms with Crippen LogP contribution in [0.1, 0.15) is 27.7 Å². The zero-order valence-electron chi connectivity index (χ0n) is 10.6. The highest BCUT2D eigenvalue weighted by atomic mass is 16.6. The molecule has 1 saturated heterocycles. The third kappa shape index (κ3) is 3.85. The first kappa shape index (κ1) is 13.0. The standard InChI is InChI=1S/C12H21NO3/c1-9-6-13(10(2)8-15-7-9)11(14)16-12(3,4)5/h10H,1,6-8H2,2-5H3. The van der Waals surface area contributed by atoms with E-state index < -0.39 is 5.60 Å². The van der Waals surface area contributed by atoms with E-state index in [9.17, 15) is 4.79 Å². The smallest absolute Gasteiger partial charge is 0.410 e. The van der Waals surface area contributed by atoms with Crippen LogP contribution in [0.15, 0.2) is 12.2 Å². The second-order valence-corrected chi connectivity index (χ2v) is 5.22. The summed E-state index contributed by atoms with van der Waals surface area (Å²) < 4.78 is 10.7. The lowest BCUT2D eigenvalue weighted by molar-refractivity contribution is 0.0149. The van der Waals surface area contributed by atoms with Crippen LogP contribution >= 0.6 is 0 Å². The van der Waals surface area contributed by atoms with Crippen LogP contribution in [-0.2, 0) is 9.47 Å². The Morgan fingerprint density at radius 2 is 2.19 bits per heavy atom. The van der Waals surface area contributed by atoms with Crippen LogP contribution < -0.4 is 0 Å². The average molecular weight is 227 g/mol. The molecule has 1 fully saturated rings. The molecule has 4 heteroatoms. The Kier molecular flexibility index (Phi) is 3.97. The van der Waals surface area contributed by atoms with E-state index in [1.54, 1.807) is 4.90 Å². The Balaban J connectivity index is 2.68. The van der Waals surface area contributed by atoms with Crippen LogP contribution in [0.2, 0.25) is 0 Å². The molecule has 1 rings (SSSR count). The van der Waals surface area contributed by atoms with Crippen molar-refractivity contribution < 1.29 is 14.3 Å². The van der Waals surface area contributed by atoms with Gasteiger partial charge < -0.3 is 9.47 Å². The molecule has 1 aliphatic rings. The third-order valence-corrected chi connectivity index (χ3v) is 2.22. The van der Waals surface area contributed by atoms with E-state index in [-0.39, 0.29) is 12.1 Å². The van der Waals surface area contributed by atoms with E-state index in [2.05, 4.69) is 6.58 Å². The fourth-order valence-corrected chi connectivity index (χ4v) is 1.47. The lowest BCUT2D eigenvalue weighted by Crippen LogP contribution is -2.43. The maximum atomic E-state index is 11.9. The summed E-state index contributed by atoms with van der Waals surface area (Å²) in [4.78, 5) is 13.6. The van der Waals surface area contributed by atoms with Crippen molar-refractivity contribution in [1.29, 1.82) is 0 Å². The lowest BCUT2D eigenvalue weighted by atomic mass is 10.2. The fraction of sp³-hybridized carbons (Fsp3) is 0.750. The van der Waals surface area contributed by atoms with Gasteiger partial charge in [0.2, 0.25) is 0 Å². The summed E-state index contributed by atoms with van der Waals surface area (Å²) in [6.45, 7) is 12.9. The van der Waals surface area contributed by atoms with Crippen molar-refractivity contribution in [3.63, 3.8) is 0 Å². The number of rotatable bonds is 0. The number of carbonyl (C=O) groups is 1. The van der Waals surface area contributed by atoms with Gasteiger partial charge in [0, 0.05) is 6.54 Å². The van der Waals surface area contributed by atoms with Gasteiger partial charge in [-0.15, -0.1) is 0 Å². The maximum absolute atomic E-state index is 11.9. The van der Waals surface area contributed by atoms with Gasteiger partial charge in [-0.25, -0.2) is 4.79 Å². The van der Waals surface area contributed by atoms with Gasteiger partial charge in [0.1, 0.15) is 5.60 Å². The molecule has 0 aliphatic carbocycles. The molecule has 0 bridgehead atoms. The van der Waals surface area contributed by atoms with Crippen LogP contribution in [-0.4, -0.2) is 42.4 Å². The van der Waals surface area contributed by atoms with Crippen molar-refractivity contribution >= 4 is 6.09 Å². The van der Waals surface area contributed by atoms with Crippen molar-refractivity contribution in [3.05, 3.63) is 12.2 Å². The monoisotopic (exact) mass is 227 g/mol. The van der Waals surface area contributed by atoms with Crippen LogP contribution in [0.4, 0.5) is 4.79 Å². The molecule has 1 aliphatic heterocycles. The van der Waals surface area contributed by atoms with E-state index in [4.69, 9.17) is 9.47 Å². The summed E-state index contributed by atoms with van der Waals surface area (Å²) in [5.41, 5.74) is 0.431. The lowest BCUT2D eigenvalue weighted by Gasteiger charge is -2.29. The Bertz CT molecular complexity index is 280. The molecular formula is C12H21NO3. The average Bonchev–Trinajstić information content (AvgIpc) is 2.25. The van der Waals surface area contributed by atoms with Gasteiger partial charge in [-0.2, -0.15) is 0 Å². The molecule has 0 spiro atoms.